The van der Waals surface area contributed by atoms with Crippen molar-refractivity contribution < 1.29 is 4.79 Å². The zero-order chi connectivity index (χ0) is 22.6. The Morgan fingerprint density at radius 3 is 2.15 bits per heavy atom. The molecule has 2 aromatic heterocycles. The van der Waals surface area contributed by atoms with Crippen molar-refractivity contribution in [3.05, 3.63) is 120 Å². The number of carbonyl (C=O) groups excluding carboxylic acids is 1. The summed E-state index contributed by atoms with van der Waals surface area (Å²) in [6, 6.07) is 29.7. The molecule has 2 heterocycles. The van der Waals surface area contributed by atoms with Crippen molar-refractivity contribution in [2.45, 2.75) is 20.0 Å². The lowest BCUT2D eigenvalue weighted by Crippen LogP contribution is -2.31. The molecule has 0 radical (unpaired) electrons. The number of pyridine rings is 1. The van der Waals surface area contributed by atoms with Crippen LogP contribution < -0.4 is 0 Å². The van der Waals surface area contributed by atoms with Gasteiger partial charge in [-0.2, -0.15) is 0 Å². The highest BCUT2D eigenvalue weighted by molar-refractivity contribution is 5.94. The molecule has 3 aromatic carbocycles. The van der Waals surface area contributed by atoms with Crippen LogP contribution in [-0.4, -0.2) is 30.8 Å². The Labute approximate surface area is 192 Å². The molecular formula is C27H23N5O. The number of carbonyl (C=O) groups is 1. The Morgan fingerprint density at radius 1 is 0.818 bits per heavy atom. The van der Waals surface area contributed by atoms with E-state index in [2.05, 4.69) is 15.3 Å². The fourth-order valence-corrected chi connectivity index (χ4v) is 3.98. The van der Waals surface area contributed by atoms with Crippen LogP contribution in [0.1, 0.15) is 27.3 Å². The lowest BCUT2D eigenvalue weighted by Gasteiger charge is -2.22. The van der Waals surface area contributed by atoms with Gasteiger partial charge in [-0.15, -0.1) is 5.10 Å². The summed E-state index contributed by atoms with van der Waals surface area (Å²) >= 11 is 0. The number of benzene rings is 3. The Balaban J connectivity index is 1.51. The van der Waals surface area contributed by atoms with Crippen LogP contribution >= 0.6 is 0 Å². The van der Waals surface area contributed by atoms with E-state index < -0.39 is 0 Å². The van der Waals surface area contributed by atoms with Gasteiger partial charge in [0.15, 0.2) is 5.69 Å². The minimum Gasteiger partial charge on any atom is -0.329 e. The third kappa shape index (κ3) is 4.23. The van der Waals surface area contributed by atoms with Crippen molar-refractivity contribution in [2.24, 2.45) is 0 Å². The topological polar surface area (TPSA) is 63.9 Å². The zero-order valence-corrected chi connectivity index (χ0v) is 18.3. The first-order chi connectivity index (χ1) is 16.2. The summed E-state index contributed by atoms with van der Waals surface area (Å²) in [6.45, 7) is 2.85. The summed E-state index contributed by atoms with van der Waals surface area (Å²) in [4.78, 5) is 19.9. The fourth-order valence-electron chi connectivity index (χ4n) is 3.98. The van der Waals surface area contributed by atoms with E-state index in [-0.39, 0.29) is 5.91 Å². The van der Waals surface area contributed by atoms with Crippen LogP contribution in [-0.2, 0) is 13.1 Å². The molecule has 0 unspecified atom stereocenters. The van der Waals surface area contributed by atoms with E-state index in [4.69, 9.17) is 0 Å². The molecule has 6 heteroatoms. The highest BCUT2D eigenvalue weighted by atomic mass is 16.2. The van der Waals surface area contributed by atoms with Crippen LogP contribution in [0.3, 0.4) is 0 Å². The molecule has 0 spiro atoms. The molecule has 0 N–H and O–H groups in total. The largest absolute Gasteiger partial charge is 0.329 e. The molecule has 5 aromatic rings. The molecule has 0 saturated carbocycles. The molecule has 33 heavy (non-hydrogen) atoms. The predicted molar refractivity (Wildman–Crippen MR) is 128 cm³/mol. The van der Waals surface area contributed by atoms with Crippen molar-refractivity contribution in [3.63, 3.8) is 0 Å². The van der Waals surface area contributed by atoms with Gasteiger partial charge in [0.2, 0.25) is 0 Å². The van der Waals surface area contributed by atoms with Gasteiger partial charge < -0.3 is 4.90 Å². The van der Waals surface area contributed by atoms with Gasteiger partial charge in [-0.05, 0) is 42.3 Å². The van der Waals surface area contributed by atoms with Crippen molar-refractivity contribution in [3.8, 4) is 5.69 Å². The lowest BCUT2D eigenvalue weighted by atomic mass is 10.1. The maximum absolute atomic E-state index is 13.7. The normalized spacial score (nSPS) is 10.9. The smallest absolute Gasteiger partial charge is 0.276 e. The maximum Gasteiger partial charge on any atom is 0.276 e. The van der Waals surface area contributed by atoms with Gasteiger partial charge in [0.1, 0.15) is 0 Å². The molecule has 0 aliphatic heterocycles. The van der Waals surface area contributed by atoms with Crippen LogP contribution in [0.2, 0.25) is 0 Å². The summed E-state index contributed by atoms with van der Waals surface area (Å²) in [7, 11) is 0. The average Bonchev–Trinajstić information content (AvgIpc) is 3.25. The van der Waals surface area contributed by atoms with Crippen molar-refractivity contribution >= 4 is 16.8 Å². The molecule has 0 saturated heterocycles. The number of amides is 1. The van der Waals surface area contributed by atoms with Crippen LogP contribution in [0.25, 0.3) is 16.6 Å². The summed E-state index contributed by atoms with van der Waals surface area (Å²) in [6.07, 6.45) is 1.76. The number of rotatable bonds is 6. The molecule has 0 aliphatic carbocycles. The van der Waals surface area contributed by atoms with Crippen LogP contribution in [0, 0.1) is 6.92 Å². The Hall–Kier alpha value is -4.32. The van der Waals surface area contributed by atoms with E-state index in [0.29, 0.717) is 24.5 Å². The SMILES string of the molecule is Cc1c(C(=O)N(Cc2ccccc2)Cc2ccccc2)nnn1-c1cccc2ncccc12. The monoisotopic (exact) mass is 433 g/mol. The van der Waals surface area contributed by atoms with Gasteiger partial charge in [-0.1, -0.05) is 71.9 Å². The number of hydrogen-bond acceptors (Lipinski definition) is 4. The van der Waals surface area contributed by atoms with E-state index in [9.17, 15) is 4.79 Å². The quantitative estimate of drug-likeness (QED) is 0.379. The van der Waals surface area contributed by atoms with Gasteiger partial charge in [-0.25, -0.2) is 4.68 Å². The second-order valence-electron chi connectivity index (χ2n) is 7.91. The molecule has 0 bridgehead atoms. The third-order valence-electron chi connectivity index (χ3n) is 5.67. The number of aromatic nitrogens is 4. The Morgan fingerprint density at radius 2 is 1.48 bits per heavy atom. The minimum atomic E-state index is -0.148. The molecule has 5 rings (SSSR count). The van der Waals surface area contributed by atoms with Gasteiger partial charge in [0.05, 0.1) is 16.9 Å². The number of nitrogens with zero attached hydrogens (tertiary/aromatic N) is 5. The van der Waals surface area contributed by atoms with Gasteiger partial charge in [-0.3, -0.25) is 9.78 Å². The molecule has 162 valence electrons. The van der Waals surface area contributed by atoms with Crippen LogP contribution in [0.15, 0.2) is 97.2 Å². The van der Waals surface area contributed by atoms with E-state index in [1.807, 2.05) is 103 Å². The number of fused-ring (bicyclic) bond motifs is 1. The van der Waals surface area contributed by atoms with Crippen molar-refractivity contribution in [2.75, 3.05) is 0 Å². The summed E-state index contributed by atoms with van der Waals surface area (Å²) in [5.74, 6) is -0.148. The van der Waals surface area contributed by atoms with E-state index in [1.54, 1.807) is 10.9 Å². The van der Waals surface area contributed by atoms with Gasteiger partial charge in [0, 0.05) is 24.7 Å². The first kappa shape index (κ1) is 20.6. The second-order valence-corrected chi connectivity index (χ2v) is 7.91. The van der Waals surface area contributed by atoms with Crippen LogP contribution in [0.4, 0.5) is 0 Å². The second kappa shape index (κ2) is 9.04. The van der Waals surface area contributed by atoms with E-state index in [0.717, 1.165) is 27.7 Å². The standard InChI is InChI=1S/C27H23N5O/c1-20-26(29-30-32(20)25-16-8-15-24-23(25)14-9-17-28-24)27(33)31(18-21-10-4-2-5-11-21)19-22-12-6-3-7-13-22/h2-17H,18-19H2,1H3. The van der Waals surface area contributed by atoms with Gasteiger partial charge >= 0.3 is 0 Å². The van der Waals surface area contributed by atoms with Crippen molar-refractivity contribution in [1.82, 2.24) is 24.9 Å². The van der Waals surface area contributed by atoms with E-state index >= 15 is 0 Å². The van der Waals surface area contributed by atoms with Crippen LogP contribution in [0.5, 0.6) is 0 Å². The maximum atomic E-state index is 13.7. The molecule has 6 nitrogen and oxygen atoms in total. The Bertz CT molecular complexity index is 1350. The predicted octanol–water partition coefficient (Wildman–Crippen LogP) is 4.97. The van der Waals surface area contributed by atoms with E-state index in [1.165, 1.54) is 0 Å². The minimum absolute atomic E-state index is 0.148. The summed E-state index contributed by atoms with van der Waals surface area (Å²) in [5.41, 5.74) is 4.89. The number of hydrogen-bond donors (Lipinski definition) is 0. The zero-order valence-electron chi connectivity index (χ0n) is 18.3. The first-order valence-corrected chi connectivity index (χ1v) is 10.8. The molecule has 0 fully saturated rings. The average molecular weight is 434 g/mol. The third-order valence-corrected chi connectivity index (χ3v) is 5.67. The van der Waals surface area contributed by atoms with Gasteiger partial charge in [0.25, 0.3) is 5.91 Å². The summed E-state index contributed by atoms with van der Waals surface area (Å²) < 4.78 is 1.72. The molecule has 0 atom stereocenters. The molecule has 0 aliphatic rings. The fraction of sp³-hybridized carbons (Fsp3) is 0.111. The Kier molecular flexibility index (Phi) is 5.64. The van der Waals surface area contributed by atoms with Crippen molar-refractivity contribution in [1.29, 1.82) is 0 Å². The summed E-state index contributed by atoms with van der Waals surface area (Å²) in [5, 5.41) is 9.61. The first-order valence-electron chi connectivity index (χ1n) is 10.8. The molecule has 1 amide bonds. The highest BCUT2D eigenvalue weighted by Gasteiger charge is 2.24. The molecular weight excluding hydrogens is 410 g/mol. The highest BCUT2D eigenvalue weighted by Crippen LogP contribution is 2.23. The lowest BCUT2D eigenvalue weighted by molar-refractivity contribution is 0.0723.